The number of nitrogens with one attached hydrogen (secondary N) is 1. The topological polar surface area (TPSA) is 58.6 Å². The molecule has 0 aromatic heterocycles. The Morgan fingerprint density at radius 2 is 1.81 bits per heavy atom. The molecule has 0 bridgehead atoms. The first kappa shape index (κ1) is 17.7. The summed E-state index contributed by atoms with van der Waals surface area (Å²) in [5.41, 5.74) is 0.770. The zero-order chi connectivity index (χ0) is 18.9. The van der Waals surface area contributed by atoms with Crippen LogP contribution in [-0.4, -0.2) is 41.8 Å². The first-order valence-electron chi connectivity index (χ1n) is 9.12. The first-order chi connectivity index (χ1) is 13.0. The molecule has 2 aromatic carbocycles. The molecule has 2 aliphatic heterocycles. The van der Waals surface area contributed by atoms with E-state index in [1.54, 1.807) is 6.07 Å². The van der Waals surface area contributed by atoms with Gasteiger partial charge in [-0.1, -0.05) is 12.1 Å². The van der Waals surface area contributed by atoms with Crippen molar-refractivity contribution in [3.05, 3.63) is 59.9 Å². The van der Waals surface area contributed by atoms with Gasteiger partial charge in [-0.25, -0.2) is 4.39 Å². The normalized spacial score (nSPS) is 18.6. The highest BCUT2D eigenvalue weighted by atomic mass is 19.1. The molecule has 2 aromatic rings. The van der Waals surface area contributed by atoms with Gasteiger partial charge in [-0.05, 0) is 36.4 Å². The zero-order valence-electron chi connectivity index (χ0n) is 14.9. The Morgan fingerprint density at radius 1 is 1.11 bits per heavy atom. The molecule has 0 saturated carbocycles. The maximum atomic E-state index is 12.9. The van der Waals surface area contributed by atoms with E-state index < -0.39 is 5.60 Å². The van der Waals surface area contributed by atoms with Gasteiger partial charge in [0.25, 0.3) is 0 Å². The summed E-state index contributed by atoms with van der Waals surface area (Å²) in [6, 6.07) is 13.1. The number of carbonyl (C=O) groups excluding carboxylic acids is 2. The van der Waals surface area contributed by atoms with E-state index >= 15 is 0 Å². The minimum Gasteiger partial charge on any atom is -0.486 e. The Labute approximate surface area is 157 Å². The Balaban J connectivity index is 1.33. The van der Waals surface area contributed by atoms with E-state index in [9.17, 15) is 14.0 Å². The average Bonchev–Trinajstić information content (AvgIpc) is 2.66. The van der Waals surface area contributed by atoms with Crippen LogP contribution in [0.5, 0.6) is 5.75 Å². The van der Waals surface area contributed by atoms with Crippen molar-refractivity contribution >= 4 is 17.4 Å². The van der Waals surface area contributed by atoms with Crippen LogP contribution in [0, 0.1) is 5.82 Å². The Morgan fingerprint density at radius 3 is 2.56 bits per heavy atom. The summed E-state index contributed by atoms with van der Waals surface area (Å²) in [5.74, 6) is 0.317. The quantitative estimate of drug-likeness (QED) is 0.903. The van der Waals surface area contributed by atoms with E-state index in [4.69, 9.17) is 4.74 Å². The van der Waals surface area contributed by atoms with Gasteiger partial charge in [-0.3, -0.25) is 14.5 Å². The van der Waals surface area contributed by atoms with Crippen LogP contribution in [0.1, 0.15) is 29.6 Å². The Kier molecular flexibility index (Phi) is 4.66. The molecule has 0 unspecified atom stereocenters. The lowest BCUT2D eigenvalue weighted by Gasteiger charge is -2.43. The van der Waals surface area contributed by atoms with Crippen molar-refractivity contribution in [1.82, 2.24) is 4.90 Å². The third-order valence-corrected chi connectivity index (χ3v) is 5.26. The van der Waals surface area contributed by atoms with Crippen molar-refractivity contribution in [3.8, 4) is 5.75 Å². The van der Waals surface area contributed by atoms with Crippen molar-refractivity contribution in [2.75, 3.05) is 25.0 Å². The lowest BCUT2D eigenvalue weighted by atomic mass is 9.82. The minimum atomic E-state index is -0.463. The lowest BCUT2D eigenvalue weighted by molar-refractivity contribution is -0.118. The molecule has 5 nitrogen and oxygen atoms in total. The molecule has 4 rings (SSSR count). The van der Waals surface area contributed by atoms with Crippen molar-refractivity contribution in [3.63, 3.8) is 0 Å². The van der Waals surface area contributed by atoms with Crippen LogP contribution in [0.25, 0.3) is 0 Å². The molecule has 0 aliphatic carbocycles. The van der Waals surface area contributed by atoms with Crippen LogP contribution in [0.4, 0.5) is 10.1 Å². The fourth-order valence-electron chi connectivity index (χ4n) is 3.78. The summed E-state index contributed by atoms with van der Waals surface area (Å²) in [6.45, 7) is 1.64. The highest BCUT2D eigenvalue weighted by molar-refractivity contribution is 6.00. The van der Waals surface area contributed by atoms with Crippen molar-refractivity contribution < 1.29 is 18.7 Å². The number of nitrogens with zero attached hydrogens (tertiary/aromatic N) is 1. The van der Waals surface area contributed by atoms with Crippen molar-refractivity contribution in [2.45, 2.75) is 24.9 Å². The molecule has 0 atom stereocenters. The first-order valence-corrected chi connectivity index (χ1v) is 9.12. The summed E-state index contributed by atoms with van der Waals surface area (Å²) < 4.78 is 19.1. The number of fused-ring (bicyclic) bond motifs is 1. The Bertz CT molecular complexity index is 858. The van der Waals surface area contributed by atoms with E-state index in [2.05, 4.69) is 10.2 Å². The highest BCUT2D eigenvalue weighted by Gasteiger charge is 2.42. The molecule has 2 heterocycles. The van der Waals surface area contributed by atoms with Crippen molar-refractivity contribution in [1.29, 1.82) is 0 Å². The molecule has 6 heteroatoms. The number of ether oxygens (including phenoxy) is 1. The van der Waals surface area contributed by atoms with E-state index in [1.165, 1.54) is 24.3 Å². The largest absolute Gasteiger partial charge is 0.486 e. The number of para-hydroxylation sites is 1. The number of rotatable bonds is 3. The van der Waals surface area contributed by atoms with Crippen LogP contribution in [0.3, 0.4) is 0 Å². The van der Waals surface area contributed by atoms with Gasteiger partial charge in [-0.2, -0.15) is 0 Å². The number of hydrogen-bond acceptors (Lipinski definition) is 4. The van der Waals surface area contributed by atoms with E-state index in [0.717, 1.165) is 0 Å². The molecule has 1 fully saturated rings. The second-order valence-corrected chi connectivity index (χ2v) is 7.21. The predicted molar refractivity (Wildman–Crippen MR) is 99.5 cm³/mol. The minimum absolute atomic E-state index is 0.124. The third kappa shape index (κ3) is 3.85. The van der Waals surface area contributed by atoms with Crippen LogP contribution in [0.15, 0.2) is 48.5 Å². The zero-order valence-corrected chi connectivity index (χ0v) is 14.9. The molecular weight excluding hydrogens is 347 g/mol. The molecule has 1 amide bonds. The molecule has 2 aliphatic rings. The van der Waals surface area contributed by atoms with Crippen LogP contribution in [-0.2, 0) is 4.79 Å². The number of amides is 1. The van der Waals surface area contributed by atoms with Crippen molar-refractivity contribution in [2.24, 2.45) is 0 Å². The Hall–Kier alpha value is -2.73. The molecule has 140 valence electrons. The standard InChI is InChI=1S/C21H21FN2O3/c22-15-5-7-16(8-6-15)23-20(26)14-24-11-9-21(10-12-24)13-18(25)17-3-1-2-4-19(17)27-21/h1-8H,9-14H2,(H,23,26). The number of ketones is 1. The third-order valence-electron chi connectivity index (χ3n) is 5.26. The van der Waals surface area contributed by atoms with E-state index in [1.807, 2.05) is 18.2 Å². The second-order valence-electron chi connectivity index (χ2n) is 7.21. The fraction of sp³-hybridized carbons (Fsp3) is 0.333. The number of carbonyl (C=O) groups is 2. The number of anilines is 1. The number of piperidine rings is 1. The van der Waals surface area contributed by atoms with Gasteiger partial charge in [0.05, 0.1) is 18.5 Å². The second kappa shape index (κ2) is 7.12. The van der Waals surface area contributed by atoms with Gasteiger partial charge >= 0.3 is 0 Å². The number of likely N-dealkylation sites (tertiary alicyclic amines) is 1. The van der Waals surface area contributed by atoms with Crippen LogP contribution < -0.4 is 10.1 Å². The van der Waals surface area contributed by atoms with E-state index in [0.29, 0.717) is 49.4 Å². The fourth-order valence-corrected chi connectivity index (χ4v) is 3.78. The van der Waals surface area contributed by atoms with Gasteiger partial charge in [-0.15, -0.1) is 0 Å². The smallest absolute Gasteiger partial charge is 0.238 e. The number of hydrogen-bond donors (Lipinski definition) is 1. The summed E-state index contributed by atoms with van der Waals surface area (Å²) in [4.78, 5) is 26.7. The van der Waals surface area contributed by atoms with Crippen LogP contribution >= 0.6 is 0 Å². The van der Waals surface area contributed by atoms with Gasteiger partial charge in [0.1, 0.15) is 17.2 Å². The number of benzene rings is 2. The number of halogens is 1. The summed E-state index contributed by atoms with van der Waals surface area (Å²) >= 11 is 0. The van der Waals surface area contributed by atoms with Crippen LogP contribution in [0.2, 0.25) is 0 Å². The monoisotopic (exact) mass is 368 g/mol. The molecular formula is C21H21FN2O3. The SMILES string of the molecule is O=C(CN1CCC2(CC1)CC(=O)c1ccccc1O2)Nc1ccc(F)cc1. The molecule has 1 spiro atoms. The molecule has 27 heavy (non-hydrogen) atoms. The van der Waals surface area contributed by atoms with Gasteiger partial charge in [0.15, 0.2) is 5.78 Å². The maximum Gasteiger partial charge on any atom is 0.238 e. The van der Waals surface area contributed by atoms with Gasteiger partial charge < -0.3 is 10.1 Å². The van der Waals surface area contributed by atoms with E-state index in [-0.39, 0.29) is 24.1 Å². The summed E-state index contributed by atoms with van der Waals surface area (Å²) in [7, 11) is 0. The molecule has 0 radical (unpaired) electrons. The average molecular weight is 368 g/mol. The highest BCUT2D eigenvalue weighted by Crippen LogP contribution is 2.39. The summed E-state index contributed by atoms with van der Waals surface area (Å²) in [6.07, 6.45) is 1.80. The maximum absolute atomic E-state index is 12.9. The lowest BCUT2D eigenvalue weighted by Crippen LogP contribution is -2.52. The molecule has 1 N–H and O–H groups in total. The predicted octanol–water partition coefficient (Wildman–Crippen LogP) is 3.26. The summed E-state index contributed by atoms with van der Waals surface area (Å²) in [5, 5.41) is 2.77. The molecule has 1 saturated heterocycles. The number of Topliss-reactive ketones (excluding diaryl/α,β-unsaturated/α-hetero) is 1. The van der Waals surface area contributed by atoms with Gasteiger partial charge in [0.2, 0.25) is 5.91 Å². The van der Waals surface area contributed by atoms with Gasteiger partial charge in [0, 0.05) is 31.6 Å².